The Morgan fingerprint density at radius 1 is 1.23 bits per heavy atom. The lowest BCUT2D eigenvalue weighted by molar-refractivity contribution is 0.416. The monoisotopic (exact) mass is 427 g/mol. The van der Waals surface area contributed by atoms with Gasteiger partial charge in [0.2, 0.25) is 0 Å². The molecule has 0 N–H and O–H groups in total. The fraction of sp³-hybridized carbons (Fsp3) is 0.105. The van der Waals surface area contributed by atoms with E-state index < -0.39 is 0 Å². The van der Waals surface area contributed by atoms with Crippen LogP contribution in [0, 0.1) is 0 Å². The van der Waals surface area contributed by atoms with E-state index in [9.17, 15) is 4.79 Å². The van der Waals surface area contributed by atoms with E-state index in [-0.39, 0.29) is 5.56 Å². The molecular weight excluding hydrogens is 414 g/mol. The van der Waals surface area contributed by atoms with Gasteiger partial charge in [-0.2, -0.15) is 0 Å². The number of halogens is 1. The molecule has 0 saturated heterocycles. The molecule has 0 aliphatic rings. The molecule has 0 saturated carbocycles. The zero-order valence-electron chi connectivity index (χ0n) is 13.8. The molecule has 0 unspecified atom stereocenters. The average Bonchev–Trinajstić information content (AvgIpc) is 3.13. The number of benzene rings is 2. The van der Waals surface area contributed by atoms with E-state index in [0.717, 1.165) is 26.5 Å². The molecule has 26 heavy (non-hydrogen) atoms. The molecule has 2 heterocycles. The molecule has 4 rings (SSSR count). The summed E-state index contributed by atoms with van der Waals surface area (Å²) in [6.45, 7) is 0.378. The Labute approximate surface area is 162 Å². The summed E-state index contributed by atoms with van der Waals surface area (Å²) < 4.78 is 7.97. The van der Waals surface area contributed by atoms with Gasteiger partial charge >= 0.3 is 0 Å². The molecule has 4 aromatic rings. The van der Waals surface area contributed by atoms with Gasteiger partial charge in [0.25, 0.3) is 5.56 Å². The molecule has 0 fully saturated rings. The molecule has 0 amide bonds. The summed E-state index contributed by atoms with van der Waals surface area (Å²) in [7, 11) is 1.64. The number of hydrogen-bond acceptors (Lipinski definition) is 5. The topological polar surface area (TPSA) is 57.0 Å². The van der Waals surface area contributed by atoms with Crippen molar-refractivity contribution in [3.63, 3.8) is 0 Å². The third-order valence-electron chi connectivity index (χ3n) is 4.01. The fourth-order valence-corrected chi connectivity index (χ4v) is 3.94. The van der Waals surface area contributed by atoms with Gasteiger partial charge in [-0.25, -0.2) is 9.97 Å². The summed E-state index contributed by atoms with van der Waals surface area (Å²) in [6.07, 6.45) is 1.57. The van der Waals surface area contributed by atoms with Crippen LogP contribution in [0.2, 0.25) is 0 Å². The minimum absolute atomic E-state index is 0.0646. The highest BCUT2D eigenvalue weighted by Crippen LogP contribution is 2.34. The van der Waals surface area contributed by atoms with Crippen molar-refractivity contribution in [1.82, 2.24) is 14.5 Å². The van der Waals surface area contributed by atoms with Crippen LogP contribution in [-0.4, -0.2) is 21.6 Å². The second-order valence-corrected chi connectivity index (χ2v) is 7.46. The number of hydrogen-bond donors (Lipinski definition) is 0. The fourth-order valence-electron chi connectivity index (χ4n) is 2.74. The van der Waals surface area contributed by atoms with Crippen molar-refractivity contribution >= 4 is 38.2 Å². The number of nitrogens with zero attached hydrogens (tertiary/aromatic N) is 3. The van der Waals surface area contributed by atoms with Crippen LogP contribution in [0.25, 0.3) is 21.5 Å². The Balaban J connectivity index is 1.69. The van der Waals surface area contributed by atoms with E-state index in [1.165, 1.54) is 11.3 Å². The second-order valence-electron chi connectivity index (χ2n) is 5.68. The molecule has 0 atom stereocenters. The third kappa shape index (κ3) is 3.15. The number of ether oxygens (including phenoxy) is 1. The highest BCUT2D eigenvalue weighted by Gasteiger charge is 2.12. The standard InChI is InChI=1S/C19H14BrN3O2S/c1-25-17-7-6-12(20)8-15(17)18-22-13(10-26-18)9-23-11-21-16-5-3-2-4-14(16)19(23)24/h2-8,10-11H,9H2,1H3. The van der Waals surface area contributed by atoms with Crippen LogP contribution in [0.5, 0.6) is 5.75 Å². The number of thiazole rings is 1. The first-order valence-electron chi connectivity index (χ1n) is 7.88. The SMILES string of the molecule is COc1ccc(Br)cc1-c1nc(Cn2cnc3ccccc3c2=O)cs1. The van der Waals surface area contributed by atoms with Crippen LogP contribution in [0.1, 0.15) is 5.69 Å². The summed E-state index contributed by atoms with van der Waals surface area (Å²) in [5.74, 6) is 0.763. The normalized spacial score (nSPS) is 11.0. The van der Waals surface area contributed by atoms with E-state index in [2.05, 4.69) is 25.9 Å². The zero-order valence-corrected chi connectivity index (χ0v) is 16.3. The average molecular weight is 428 g/mol. The molecule has 0 aliphatic heterocycles. The molecular formula is C19H14BrN3O2S. The minimum atomic E-state index is -0.0646. The molecule has 0 bridgehead atoms. The lowest BCUT2D eigenvalue weighted by atomic mass is 10.2. The van der Waals surface area contributed by atoms with Gasteiger partial charge < -0.3 is 4.74 Å². The molecule has 0 aliphatic carbocycles. The first kappa shape index (κ1) is 16.9. The maximum absolute atomic E-state index is 12.6. The van der Waals surface area contributed by atoms with Crippen molar-refractivity contribution in [2.75, 3.05) is 7.11 Å². The molecule has 0 spiro atoms. The van der Waals surface area contributed by atoms with Crippen molar-refractivity contribution < 1.29 is 4.74 Å². The van der Waals surface area contributed by atoms with E-state index in [1.54, 1.807) is 24.1 Å². The van der Waals surface area contributed by atoms with E-state index in [4.69, 9.17) is 4.74 Å². The Hall–Kier alpha value is -2.51. The number of aromatic nitrogens is 3. The largest absolute Gasteiger partial charge is 0.496 e. The van der Waals surface area contributed by atoms with Gasteiger partial charge in [0.05, 0.1) is 42.1 Å². The lowest BCUT2D eigenvalue weighted by Gasteiger charge is -2.06. The summed E-state index contributed by atoms with van der Waals surface area (Å²) >= 11 is 5.01. The highest BCUT2D eigenvalue weighted by atomic mass is 79.9. The summed E-state index contributed by atoms with van der Waals surface area (Å²) in [5, 5.41) is 3.41. The first-order valence-corrected chi connectivity index (χ1v) is 9.55. The smallest absolute Gasteiger partial charge is 0.261 e. The number of fused-ring (bicyclic) bond motifs is 1. The summed E-state index contributed by atoms with van der Waals surface area (Å²) in [6, 6.07) is 13.1. The van der Waals surface area contributed by atoms with Crippen molar-refractivity contribution in [2.45, 2.75) is 6.54 Å². The first-order chi connectivity index (χ1) is 12.7. The summed E-state index contributed by atoms with van der Waals surface area (Å²) in [5.41, 5.74) is 2.37. The Morgan fingerprint density at radius 2 is 2.08 bits per heavy atom. The zero-order chi connectivity index (χ0) is 18.1. The number of para-hydroxylation sites is 1. The third-order valence-corrected chi connectivity index (χ3v) is 5.43. The van der Waals surface area contributed by atoms with Crippen molar-refractivity contribution in [3.8, 4) is 16.3 Å². The Morgan fingerprint density at radius 3 is 2.92 bits per heavy atom. The van der Waals surface area contributed by atoms with Gasteiger partial charge in [0.15, 0.2) is 0 Å². The van der Waals surface area contributed by atoms with Crippen molar-refractivity contribution in [3.05, 3.63) is 74.7 Å². The maximum atomic E-state index is 12.6. The van der Waals surface area contributed by atoms with Gasteiger partial charge in [-0.05, 0) is 30.3 Å². The van der Waals surface area contributed by atoms with Gasteiger partial charge in [-0.3, -0.25) is 9.36 Å². The molecule has 130 valence electrons. The van der Waals surface area contributed by atoms with Crippen LogP contribution in [-0.2, 0) is 6.54 Å². The predicted octanol–water partition coefficient (Wildman–Crippen LogP) is 4.34. The predicted molar refractivity (Wildman–Crippen MR) is 107 cm³/mol. The van der Waals surface area contributed by atoms with Crippen LogP contribution in [0.4, 0.5) is 0 Å². The lowest BCUT2D eigenvalue weighted by Crippen LogP contribution is -2.21. The Kier molecular flexibility index (Phi) is 4.57. The Bertz CT molecular complexity index is 1150. The van der Waals surface area contributed by atoms with E-state index in [1.807, 2.05) is 41.8 Å². The second kappa shape index (κ2) is 7.01. The highest BCUT2D eigenvalue weighted by molar-refractivity contribution is 9.10. The van der Waals surface area contributed by atoms with Gasteiger partial charge in [0, 0.05) is 9.85 Å². The molecule has 2 aromatic heterocycles. The van der Waals surface area contributed by atoms with Gasteiger partial charge in [0.1, 0.15) is 10.8 Å². The molecule has 7 heteroatoms. The van der Waals surface area contributed by atoms with E-state index in [0.29, 0.717) is 17.4 Å². The molecule has 5 nitrogen and oxygen atoms in total. The molecule has 0 radical (unpaired) electrons. The quantitative estimate of drug-likeness (QED) is 0.485. The van der Waals surface area contributed by atoms with Crippen molar-refractivity contribution in [1.29, 1.82) is 0 Å². The van der Waals surface area contributed by atoms with Gasteiger partial charge in [-0.1, -0.05) is 28.1 Å². The van der Waals surface area contributed by atoms with Crippen LogP contribution < -0.4 is 10.3 Å². The molecule has 2 aromatic carbocycles. The van der Waals surface area contributed by atoms with Crippen molar-refractivity contribution in [2.24, 2.45) is 0 Å². The summed E-state index contributed by atoms with van der Waals surface area (Å²) in [4.78, 5) is 21.7. The maximum Gasteiger partial charge on any atom is 0.261 e. The van der Waals surface area contributed by atoms with E-state index >= 15 is 0 Å². The number of methoxy groups -OCH3 is 1. The van der Waals surface area contributed by atoms with Crippen LogP contribution in [0.3, 0.4) is 0 Å². The number of rotatable bonds is 4. The van der Waals surface area contributed by atoms with Crippen LogP contribution >= 0.6 is 27.3 Å². The van der Waals surface area contributed by atoms with Crippen LogP contribution in [0.15, 0.2) is 63.4 Å². The van der Waals surface area contributed by atoms with Gasteiger partial charge in [-0.15, -0.1) is 11.3 Å². The minimum Gasteiger partial charge on any atom is -0.496 e.